The third kappa shape index (κ3) is 2.94. The van der Waals surface area contributed by atoms with E-state index in [1.807, 2.05) is 6.92 Å². The molecule has 106 valence electrons. The summed E-state index contributed by atoms with van der Waals surface area (Å²) in [5.74, 6) is 0.565. The van der Waals surface area contributed by atoms with Gasteiger partial charge in [-0.05, 0) is 25.2 Å². The van der Waals surface area contributed by atoms with Crippen LogP contribution < -0.4 is 11.2 Å². The van der Waals surface area contributed by atoms with Crippen LogP contribution >= 0.6 is 11.6 Å². The summed E-state index contributed by atoms with van der Waals surface area (Å²) in [7, 11) is 0. The molecule has 19 heavy (non-hydrogen) atoms. The lowest BCUT2D eigenvalue weighted by Crippen LogP contribution is -2.41. The molecule has 0 aliphatic heterocycles. The molecule has 2 rings (SSSR count). The van der Waals surface area contributed by atoms with Gasteiger partial charge < -0.3 is 0 Å². The molecule has 0 radical (unpaired) electrons. The van der Waals surface area contributed by atoms with Crippen LogP contribution in [0.4, 0.5) is 0 Å². The third-order valence-electron chi connectivity index (χ3n) is 3.95. The first-order valence-electron chi connectivity index (χ1n) is 7.07. The molecule has 4 nitrogen and oxygen atoms in total. The molecule has 0 bridgehead atoms. The number of H-pyrrole nitrogens is 1. The second kappa shape index (κ2) is 5.95. The van der Waals surface area contributed by atoms with Crippen molar-refractivity contribution in [3.63, 3.8) is 0 Å². The summed E-state index contributed by atoms with van der Waals surface area (Å²) < 4.78 is 1.40. The minimum atomic E-state index is -0.367. The van der Waals surface area contributed by atoms with Gasteiger partial charge in [-0.2, -0.15) is 0 Å². The topological polar surface area (TPSA) is 54.9 Å². The molecular weight excluding hydrogens is 264 g/mol. The number of halogens is 1. The fourth-order valence-corrected chi connectivity index (χ4v) is 3.25. The van der Waals surface area contributed by atoms with Crippen molar-refractivity contribution in [3.05, 3.63) is 31.6 Å². The Balaban J connectivity index is 2.47. The molecular formula is C14H21ClN2O2. The average Bonchev–Trinajstić information content (AvgIpc) is 2.34. The number of hydrogen-bond donors (Lipinski definition) is 1. The summed E-state index contributed by atoms with van der Waals surface area (Å²) in [6, 6.07) is 0.0212. The van der Waals surface area contributed by atoms with Gasteiger partial charge in [-0.25, -0.2) is 4.79 Å². The van der Waals surface area contributed by atoms with E-state index in [0.29, 0.717) is 17.9 Å². The second-order valence-corrected chi connectivity index (χ2v) is 5.95. The van der Waals surface area contributed by atoms with E-state index >= 15 is 0 Å². The maximum absolute atomic E-state index is 12.5. The van der Waals surface area contributed by atoms with Crippen LogP contribution in [0.2, 0.25) is 5.15 Å². The van der Waals surface area contributed by atoms with Crippen LogP contribution in [0.25, 0.3) is 0 Å². The van der Waals surface area contributed by atoms with E-state index in [1.54, 1.807) is 0 Å². The fourth-order valence-electron chi connectivity index (χ4n) is 3.00. The van der Waals surface area contributed by atoms with Gasteiger partial charge in [0.05, 0.1) is 5.56 Å². The van der Waals surface area contributed by atoms with Crippen LogP contribution in [-0.4, -0.2) is 9.55 Å². The summed E-state index contributed by atoms with van der Waals surface area (Å²) >= 11 is 5.98. The standard InChI is InChI=1S/C14H21ClN2O2/c1-3-5-11-12(15)16-14(19)17(13(11)18)10-7-4-6-9(2)8-10/h9-10H,3-8H2,1-2H3,(H,16,19). The van der Waals surface area contributed by atoms with Gasteiger partial charge in [-0.1, -0.05) is 44.7 Å². The quantitative estimate of drug-likeness (QED) is 0.868. The second-order valence-electron chi connectivity index (χ2n) is 5.57. The first-order chi connectivity index (χ1) is 9.04. The number of aromatic nitrogens is 2. The number of nitrogens with zero attached hydrogens (tertiary/aromatic N) is 1. The zero-order valence-electron chi connectivity index (χ0n) is 11.5. The van der Waals surface area contributed by atoms with Crippen LogP contribution in [0.3, 0.4) is 0 Å². The van der Waals surface area contributed by atoms with Gasteiger partial charge in [0.15, 0.2) is 0 Å². The van der Waals surface area contributed by atoms with Crippen LogP contribution in [0, 0.1) is 5.92 Å². The van der Waals surface area contributed by atoms with E-state index in [1.165, 1.54) is 11.0 Å². The third-order valence-corrected chi connectivity index (χ3v) is 4.27. The lowest BCUT2D eigenvalue weighted by molar-refractivity contribution is 0.270. The summed E-state index contributed by atoms with van der Waals surface area (Å²) in [6.07, 6.45) is 5.50. The minimum absolute atomic E-state index is 0.0212. The van der Waals surface area contributed by atoms with Gasteiger partial charge in [0.1, 0.15) is 5.15 Å². The molecule has 5 heteroatoms. The van der Waals surface area contributed by atoms with Gasteiger partial charge in [0.2, 0.25) is 0 Å². The predicted molar refractivity (Wildman–Crippen MR) is 77.0 cm³/mol. The molecule has 0 amide bonds. The summed E-state index contributed by atoms with van der Waals surface area (Å²) in [6.45, 7) is 4.17. The Bertz CT molecular complexity index is 562. The monoisotopic (exact) mass is 284 g/mol. The SMILES string of the molecule is CCCc1c(Cl)[nH]c(=O)n(C2CCCC(C)C2)c1=O. The fraction of sp³-hybridized carbons (Fsp3) is 0.714. The number of hydrogen-bond acceptors (Lipinski definition) is 2. The zero-order chi connectivity index (χ0) is 14.0. The van der Waals surface area contributed by atoms with Crippen LogP contribution in [0.5, 0.6) is 0 Å². The normalized spacial score (nSPS) is 23.5. The molecule has 1 saturated carbocycles. The Morgan fingerprint density at radius 2 is 2.11 bits per heavy atom. The van der Waals surface area contributed by atoms with Crippen molar-refractivity contribution in [3.8, 4) is 0 Å². The molecule has 0 saturated heterocycles. The predicted octanol–water partition coefficient (Wildman–Crippen LogP) is 2.89. The maximum atomic E-state index is 12.5. The lowest BCUT2D eigenvalue weighted by Gasteiger charge is -2.27. The number of rotatable bonds is 3. The highest BCUT2D eigenvalue weighted by Crippen LogP contribution is 2.30. The Morgan fingerprint density at radius 3 is 2.74 bits per heavy atom. The van der Waals surface area contributed by atoms with Crippen molar-refractivity contribution in [2.45, 2.75) is 58.4 Å². The van der Waals surface area contributed by atoms with E-state index in [4.69, 9.17) is 11.6 Å². The average molecular weight is 285 g/mol. The molecule has 1 aromatic rings. The smallest absolute Gasteiger partial charge is 0.297 e. The molecule has 1 aromatic heterocycles. The largest absolute Gasteiger partial charge is 0.329 e. The van der Waals surface area contributed by atoms with Crippen molar-refractivity contribution in [2.75, 3.05) is 0 Å². The lowest BCUT2D eigenvalue weighted by atomic mass is 9.87. The van der Waals surface area contributed by atoms with Gasteiger partial charge >= 0.3 is 5.69 Å². The Hall–Kier alpha value is -1.03. The van der Waals surface area contributed by atoms with Gasteiger partial charge in [0, 0.05) is 6.04 Å². The van der Waals surface area contributed by atoms with E-state index in [0.717, 1.165) is 25.7 Å². The highest BCUT2D eigenvalue weighted by molar-refractivity contribution is 6.30. The summed E-state index contributed by atoms with van der Waals surface area (Å²) in [5.41, 5.74) is -0.0225. The van der Waals surface area contributed by atoms with Crippen molar-refractivity contribution in [1.29, 1.82) is 0 Å². The number of nitrogens with one attached hydrogen (secondary N) is 1. The van der Waals surface area contributed by atoms with Crippen LogP contribution in [-0.2, 0) is 6.42 Å². The zero-order valence-corrected chi connectivity index (χ0v) is 12.3. The first-order valence-corrected chi connectivity index (χ1v) is 7.45. The van der Waals surface area contributed by atoms with Crippen molar-refractivity contribution < 1.29 is 0 Å². The van der Waals surface area contributed by atoms with E-state index < -0.39 is 0 Å². The molecule has 0 spiro atoms. The van der Waals surface area contributed by atoms with Crippen molar-refractivity contribution >= 4 is 11.6 Å². The molecule has 1 aliphatic carbocycles. The Morgan fingerprint density at radius 1 is 1.37 bits per heavy atom. The Kier molecular flexibility index (Phi) is 4.50. The van der Waals surface area contributed by atoms with Crippen molar-refractivity contribution in [2.24, 2.45) is 5.92 Å². The maximum Gasteiger partial charge on any atom is 0.329 e. The van der Waals surface area contributed by atoms with E-state index in [2.05, 4.69) is 11.9 Å². The van der Waals surface area contributed by atoms with Crippen LogP contribution in [0.1, 0.15) is 57.6 Å². The number of aromatic amines is 1. The highest BCUT2D eigenvalue weighted by Gasteiger charge is 2.24. The molecule has 1 N–H and O–H groups in total. The van der Waals surface area contributed by atoms with E-state index in [-0.39, 0.29) is 22.4 Å². The molecule has 2 unspecified atom stereocenters. The molecule has 1 fully saturated rings. The molecule has 1 aliphatic rings. The van der Waals surface area contributed by atoms with Crippen LogP contribution in [0.15, 0.2) is 9.59 Å². The first kappa shape index (κ1) is 14.4. The van der Waals surface area contributed by atoms with Crippen molar-refractivity contribution in [1.82, 2.24) is 9.55 Å². The van der Waals surface area contributed by atoms with E-state index in [9.17, 15) is 9.59 Å². The molecule has 0 aromatic carbocycles. The van der Waals surface area contributed by atoms with Gasteiger partial charge in [-0.15, -0.1) is 0 Å². The van der Waals surface area contributed by atoms with Gasteiger partial charge in [-0.3, -0.25) is 14.3 Å². The Labute approximate surface area is 117 Å². The summed E-state index contributed by atoms with van der Waals surface area (Å²) in [5, 5.41) is 0.206. The van der Waals surface area contributed by atoms with Gasteiger partial charge in [0.25, 0.3) is 5.56 Å². The molecule has 2 atom stereocenters. The molecule has 1 heterocycles. The summed E-state index contributed by atoms with van der Waals surface area (Å²) in [4.78, 5) is 27.1. The minimum Gasteiger partial charge on any atom is -0.297 e. The highest BCUT2D eigenvalue weighted by atomic mass is 35.5.